The Morgan fingerprint density at radius 1 is 1.53 bits per heavy atom. The summed E-state index contributed by atoms with van der Waals surface area (Å²) in [6.45, 7) is 0.651. The van der Waals surface area contributed by atoms with E-state index < -0.39 is 0 Å². The van der Waals surface area contributed by atoms with E-state index in [0.717, 1.165) is 12.8 Å². The van der Waals surface area contributed by atoms with Crippen LogP contribution >= 0.6 is 11.8 Å². The van der Waals surface area contributed by atoms with Crippen molar-refractivity contribution < 1.29 is 14.6 Å². The van der Waals surface area contributed by atoms with Gasteiger partial charge in [0.1, 0.15) is 11.5 Å². The summed E-state index contributed by atoms with van der Waals surface area (Å²) in [4.78, 5) is 12.0. The maximum Gasteiger partial charge on any atom is 0.255 e. The molecule has 1 amide bonds. The highest BCUT2D eigenvalue weighted by atomic mass is 32.2. The average Bonchev–Trinajstić information content (AvgIpc) is 2.37. The molecule has 0 aromatic heterocycles. The van der Waals surface area contributed by atoms with Gasteiger partial charge in [0.05, 0.1) is 12.7 Å². The van der Waals surface area contributed by atoms with Crippen LogP contribution in [0.5, 0.6) is 11.5 Å². The molecular weight excluding hydrogens is 262 g/mol. The lowest BCUT2D eigenvalue weighted by Crippen LogP contribution is -2.45. The second kappa shape index (κ2) is 5.74. The fourth-order valence-electron chi connectivity index (χ4n) is 2.19. The highest BCUT2D eigenvalue weighted by Gasteiger charge is 2.36. The van der Waals surface area contributed by atoms with Crippen molar-refractivity contribution in [2.45, 2.75) is 24.0 Å². The maximum atomic E-state index is 12.0. The fraction of sp³-hybridized carbons (Fsp3) is 0.500. The van der Waals surface area contributed by atoms with E-state index in [1.54, 1.807) is 12.1 Å². The zero-order chi connectivity index (χ0) is 13.9. The molecule has 1 aromatic carbocycles. The van der Waals surface area contributed by atoms with Crippen LogP contribution in [0.15, 0.2) is 18.2 Å². The quantitative estimate of drug-likeness (QED) is 0.870. The molecule has 0 unspecified atom stereocenters. The van der Waals surface area contributed by atoms with E-state index >= 15 is 0 Å². The van der Waals surface area contributed by atoms with Crippen LogP contribution in [0.1, 0.15) is 29.6 Å². The fourth-order valence-corrected chi connectivity index (χ4v) is 3.10. The number of phenolic OH excluding ortho intramolecular Hbond substituents is 1. The van der Waals surface area contributed by atoms with Crippen LogP contribution in [0.25, 0.3) is 0 Å². The van der Waals surface area contributed by atoms with Crippen LogP contribution in [-0.2, 0) is 0 Å². The van der Waals surface area contributed by atoms with Crippen LogP contribution in [0, 0.1) is 0 Å². The van der Waals surface area contributed by atoms with E-state index in [4.69, 9.17) is 4.74 Å². The largest absolute Gasteiger partial charge is 0.507 e. The molecule has 0 radical (unpaired) electrons. The number of rotatable bonds is 5. The summed E-state index contributed by atoms with van der Waals surface area (Å²) in [5.41, 5.74) is 0.288. The molecule has 2 rings (SSSR count). The number of nitrogens with one attached hydrogen (secondary N) is 1. The number of phenols is 1. The number of amides is 1. The Labute approximate surface area is 117 Å². The van der Waals surface area contributed by atoms with Gasteiger partial charge in [0.25, 0.3) is 5.91 Å². The van der Waals surface area contributed by atoms with E-state index in [1.165, 1.54) is 19.6 Å². The third-order valence-corrected chi connectivity index (χ3v) is 5.14. The molecule has 1 fully saturated rings. The topological polar surface area (TPSA) is 58.6 Å². The van der Waals surface area contributed by atoms with Gasteiger partial charge in [0.2, 0.25) is 0 Å². The Morgan fingerprint density at radius 2 is 2.26 bits per heavy atom. The van der Waals surface area contributed by atoms with Gasteiger partial charge in [0, 0.05) is 17.4 Å². The highest BCUT2D eigenvalue weighted by molar-refractivity contribution is 8.00. The number of ether oxygens (including phenoxy) is 1. The first kappa shape index (κ1) is 14.1. The maximum absolute atomic E-state index is 12.0. The van der Waals surface area contributed by atoms with Crippen molar-refractivity contribution in [2.75, 3.05) is 19.9 Å². The first-order valence-electron chi connectivity index (χ1n) is 6.30. The van der Waals surface area contributed by atoms with Crippen molar-refractivity contribution in [1.82, 2.24) is 5.32 Å². The zero-order valence-corrected chi connectivity index (χ0v) is 12.0. The lowest BCUT2D eigenvalue weighted by Gasteiger charge is -2.40. The van der Waals surface area contributed by atoms with Gasteiger partial charge in [-0.15, -0.1) is 0 Å². The molecule has 1 saturated carbocycles. The van der Waals surface area contributed by atoms with Crippen LogP contribution < -0.4 is 10.1 Å². The summed E-state index contributed by atoms with van der Waals surface area (Å²) in [5, 5.41) is 12.7. The first-order chi connectivity index (χ1) is 9.10. The Bertz CT molecular complexity index is 466. The summed E-state index contributed by atoms with van der Waals surface area (Å²) in [6, 6.07) is 4.70. The second-order valence-corrected chi connectivity index (χ2v) is 6.08. The lowest BCUT2D eigenvalue weighted by molar-refractivity contribution is 0.0941. The standard InChI is InChI=1S/C14H19NO3S/c1-18-10-4-5-11(12(16)8-10)13(17)15-9-14(19-2)6-3-7-14/h4-5,8,16H,3,6-7,9H2,1-2H3,(H,15,17). The zero-order valence-electron chi connectivity index (χ0n) is 11.2. The first-order valence-corrected chi connectivity index (χ1v) is 7.53. The van der Waals surface area contributed by atoms with E-state index in [1.807, 2.05) is 11.8 Å². The molecule has 0 heterocycles. The van der Waals surface area contributed by atoms with E-state index in [2.05, 4.69) is 11.6 Å². The molecule has 0 aliphatic heterocycles. The van der Waals surface area contributed by atoms with Crippen molar-refractivity contribution >= 4 is 17.7 Å². The molecule has 0 saturated heterocycles. The molecule has 0 bridgehead atoms. The smallest absolute Gasteiger partial charge is 0.255 e. The van der Waals surface area contributed by atoms with Crippen molar-refractivity contribution in [3.05, 3.63) is 23.8 Å². The Morgan fingerprint density at radius 3 is 2.74 bits per heavy atom. The number of carbonyl (C=O) groups is 1. The predicted molar refractivity (Wildman–Crippen MR) is 77.1 cm³/mol. The van der Waals surface area contributed by atoms with E-state index in [-0.39, 0.29) is 22.0 Å². The van der Waals surface area contributed by atoms with Gasteiger partial charge >= 0.3 is 0 Å². The normalized spacial score (nSPS) is 16.5. The third-order valence-electron chi connectivity index (χ3n) is 3.72. The van der Waals surface area contributed by atoms with Crippen molar-refractivity contribution in [1.29, 1.82) is 0 Å². The van der Waals surface area contributed by atoms with Gasteiger partial charge in [-0.3, -0.25) is 4.79 Å². The molecule has 19 heavy (non-hydrogen) atoms. The van der Waals surface area contributed by atoms with Gasteiger partial charge in [0.15, 0.2) is 0 Å². The van der Waals surface area contributed by atoms with E-state index in [9.17, 15) is 9.90 Å². The molecular formula is C14H19NO3S. The molecule has 1 aliphatic carbocycles. The lowest BCUT2D eigenvalue weighted by atomic mass is 9.84. The molecule has 4 nitrogen and oxygen atoms in total. The van der Waals surface area contributed by atoms with Gasteiger partial charge in [-0.1, -0.05) is 6.42 Å². The number of carbonyl (C=O) groups excluding carboxylic acids is 1. The minimum Gasteiger partial charge on any atom is -0.507 e. The number of methoxy groups -OCH3 is 1. The number of benzene rings is 1. The number of thioether (sulfide) groups is 1. The van der Waals surface area contributed by atoms with E-state index in [0.29, 0.717) is 12.3 Å². The second-order valence-electron chi connectivity index (χ2n) is 4.81. The summed E-state index contributed by atoms with van der Waals surface area (Å²) >= 11 is 1.81. The minimum absolute atomic E-state index is 0.0522. The molecule has 0 atom stereocenters. The Hall–Kier alpha value is -1.36. The van der Waals surface area contributed by atoms with Crippen molar-refractivity contribution in [3.8, 4) is 11.5 Å². The molecule has 2 N–H and O–H groups in total. The monoisotopic (exact) mass is 281 g/mol. The average molecular weight is 281 g/mol. The molecule has 0 spiro atoms. The van der Waals surface area contributed by atoms with Gasteiger partial charge < -0.3 is 15.2 Å². The summed E-state index contributed by atoms with van der Waals surface area (Å²) in [5.74, 6) is 0.248. The summed E-state index contributed by atoms with van der Waals surface area (Å²) < 4.78 is 5.19. The molecule has 5 heteroatoms. The highest BCUT2D eigenvalue weighted by Crippen LogP contribution is 2.42. The summed E-state index contributed by atoms with van der Waals surface area (Å²) in [7, 11) is 1.52. The number of aromatic hydroxyl groups is 1. The molecule has 104 valence electrons. The SMILES string of the molecule is COc1ccc(C(=O)NCC2(SC)CCC2)c(O)c1. The minimum atomic E-state index is -0.236. The third kappa shape index (κ3) is 2.97. The van der Waals surface area contributed by atoms with Crippen LogP contribution in [0.4, 0.5) is 0 Å². The molecule has 1 aromatic rings. The molecule has 1 aliphatic rings. The summed E-state index contributed by atoms with van der Waals surface area (Å²) in [6.07, 6.45) is 5.59. The van der Waals surface area contributed by atoms with Crippen LogP contribution in [0.3, 0.4) is 0 Å². The van der Waals surface area contributed by atoms with Crippen LogP contribution in [0.2, 0.25) is 0 Å². The van der Waals surface area contributed by atoms with Crippen LogP contribution in [-0.4, -0.2) is 35.7 Å². The van der Waals surface area contributed by atoms with Crippen molar-refractivity contribution in [3.63, 3.8) is 0 Å². The van der Waals surface area contributed by atoms with Gasteiger partial charge in [-0.25, -0.2) is 0 Å². The number of hydrogen-bond acceptors (Lipinski definition) is 4. The Kier molecular flexibility index (Phi) is 4.24. The van der Waals surface area contributed by atoms with Gasteiger partial charge in [-0.2, -0.15) is 11.8 Å². The van der Waals surface area contributed by atoms with Crippen molar-refractivity contribution in [2.24, 2.45) is 0 Å². The Balaban J connectivity index is 2.00. The van der Waals surface area contributed by atoms with Gasteiger partial charge in [-0.05, 0) is 31.2 Å². The predicted octanol–water partition coefficient (Wildman–Crippen LogP) is 2.42. The number of hydrogen-bond donors (Lipinski definition) is 2.